The van der Waals surface area contributed by atoms with Crippen LogP contribution in [0.5, 0.6) is 0 Å². The average molecular weight is 173 g/mol. The smallest absolute Gasteiger partial charge is 0.171 e. The van der Waals surface area contributed by atoms with E-state index < -0.39 is 0 Å². The van der Waals surface area contributed by atoms with Crippen LogP contribution in [0.25, 0.3) is 0 Å². The van der Waals surface area contributed by atoms with Crippen LogP contribution in [-0.2, 0) is 4.79 Å². The molecule has 6 N–H and O–H groups in total. The van der Waals surface area contributed by atoms with Gasteiger partial charge in [0.25, 0.3) is 0 Å². The summed E-state index contributed by atoms with van der Waals surface area (Å²) in [5, 5.41) is 0. The van der Waals surface area contributed by atoms with Crippen LogP contribution in [0, 0.1) is 0 Å². The van der Waals surface area contributed by atoms with Crippen LogP contribution >= 0.6 is 0 Å². The first-order valence-corrected chi connectivity index (χ1v) is 3.83. The molecule has 0 aromatic rings. The molecule has 12 heavy (non-hydrogen) atoms. The van der Waals surface area contributed by atoms with Gasteiger partial charge in [-0.15, -0.1) is 0 Å². The number of nitrogens with one attached hydrogen (secondary N) is 2. The Labute approximate surface area is 71.2 Å². The van der Waals surface area contributed by atoms with Crippen molar-refractivity contribution in [2.45, 2.75) is 12.1 Å². The maximum Gasteiger partial charge on any atom is 0.171 e. The largest absolute Gasteiger partial charge is 0.302 e. The number of likely N-dealkylation sites (N-methyl/N-ethyl adjacent to an activating group) is 1. The highest BCUT2D eigenvalue weighted by atomic mass is 16.1. The van der Waals surface area contributed by atoms with Crippen molar-refractivity contribution in [1.29, 1.82) is 0 Å². The van der Waals surface area contributed by atoms with Crippen LogP contribution in [0.2, 0.25) is 0 Å². The van der Waals surface area contributed by atoms with Crippen LogP contribution in [-0.4, -0.2) is 42.9 Å². The summed E-state index contributed by atoms with van der Waals surface area (Å²) in [6.07, 6.45) is 0. The second-order valence-electron chi connectivity index (χ2n) is 3.06. The maximum atomic E-state index is 11.4. The van der Waals surface area contributed by atoms with E-state index in [0.29, 0.717) is 13.1 Å². The molecule has 2 unspecified atom stereocenters. The lowest BCUT2D eigenvalue weighted by molar-refractivity contribution is -0.126. The van der Waals surface area contributed by atoms with Crippen molar-refractivity contribution >= 4 is 5.78 Å². The summed E-state index contributed by atoms with van der Waals surface area (Å²) in [7, 11) is 1.92. The third-order valence-corrected chi connectivity index (χ3v) is 2.08. The summed E-state index contributed by atoms with van der Waals surface area (Å²) >= 11 is 0. The van der Waals surface area contributed by atoms with E-state index in [-0.39, 0.29) is 17.9 Å². The van der Waals surface area contributed by atoms with Crippen molar-refractivity contribution < 1.29 is 4.79 Å². The molecule has 1 saturated heterocycles. The summed E-state index contributed by atoms with van der Waals surface area (Å²) in [6, 6.07) is -0.630. The molecule has 0 amide bonds. The number of hydrogen-bond donors (Lipinski definition) is 4. The standard InChI is InChI=1S/C6H15N5O/c1-11-2-4(9-7)6(12)5(3-11)10-8/h4-5,9-10H,2-3,7-8H2,1H3. The first-order chi connectivity index (χ1) is 5.69. The zero-order valence-electron chi connectivity index (χ0n) is 7.08. The Morgan fingerprint density at radius 3 is 2.08 bits per heavy atom. The van der Waals surface area contributed by atoms with Gasteiger partial charge in [-0.2, -0.15) is 0 Å². The summed E-state index contributed by atoms with van der Waals surface area (Å²) in [5.41, 5.74) is 4.92. The Kier molecular flexibility index (Phi) is 3.12. The molecule has 2 atom stereocenters. The van der Waals surface area contributed by atoms with Crippen molar-refractivity contribution in [2.24, 2.45) is 11.7 Å². The number of carbonyl (C=O) groups excluding carboxylic acids is 1. The molecule has 0 aliphatic carbocycles. The minimum atomic E-state index is -0.315. The number of ketones is 1. The summed E-state index contributed by atoms with van der Waals surface area (Å²) in [6.45, 7) is 1.26. The highest BCUT2D eigenvalue weighted by molar-refractivity contribution is 5.90. The van der Waals surface area contributed by atoms with E-state index in [1.807, 2.05) is 11.9 Å². The quantitative estimate of drug-likeness (QED) is 0.265. The zero-order valence-corrected chi connectivity index (χ0v) is 7.08. The van der Waals surface area contributed by atoms with E-state index in [9.17, 15) is 4.79 Å². The molecule has 1 aliphatic heterocycles. The Morgan fingerprint density at radius 2 is 1.75 bits per heavy atom. The number of hydrogen-bond acceptors (Lipinski definition) is 6. The Morgan fingerprint density at radius 1 is 1.33 bits per heavy atom. The van der Waals surface area contributed by atoms with Gasteiger partial charge in [0.1, 0.15) is 0 Å². The molecule has 0 aromatic carbocycles. The lowest BCUT2D eigenvalue weighted by atomic mass is 10.0. The molecule has 1 heterocycles. The molecule has 1 rings (SSSR count). The SMILES string of the molecule is CN1CC(NN)C(=O)C(NN)C1. The third-order valence-electron chi connectivity index (χ3n) is 2.08. The van der Waals surface area contributed by atoms with Crippen LogP contribution in [0.4, 0.5) is 0 Å². The fraction of sp³-hybridized carbons (Fsp3) is 0.833. The van der Waals surface area contributed by atoms with Gasteiger partial charge in [-0.05, 0) is 7.05 Å². The van der Waals surface area contributed by atoms with E-state index in [1.54, 1.807) is 0 Å². The minimum absolute atomic E-state index is 0.0260. The summed E-state index contributed by atoms with van der Waals surface area (Å²) < 4.78 is 0. The van der Waals surface area contributed by atoms with Crippen molar-refractivity contribution in [1.82, 2.24) is 15.8 Å². The van der Waals surface area contributed by atoms with Crippen molar-refractivity contribution in [3.05, 3.63) is 0 Å². The van der Waals surface area contributed by atoms with Gasteiger partial charge >= 0.3 is 0 Å². The van der Waals surface area contributed by atoms with Gasteiger partial charge in [0.2, 0.25) is 0 Å². The Balaban J connectivity index is 2.61. The van der Waals surface area contributed by atoms with Crippen LogP contribution in [0.1, 0.15) is 0 Å². The third kappa shape index (κ3) is 1.79. The molecular weight excluding hydrogens is 158 g/mol. The molecule has 0 radical (unpaired) electrons. The summed E-state index contributed by atoms with van der Waals surface area (Å²) in [5.74, 6) is 10.4. The van der Waals surface area contributed by atoms with Crippen LogP contribution in [0.3, 0.4) is 0 Å². The number of rotatable bonds is 2. The monoisotopic (exact) mass is 173 g/mol. The number of piperidine rings is 1. The van der Waals surface area contributed by atoms with Gasteiger partial charge in [0.15, 0.2) is 5.78 Å². The molecular formula is C6H15N5O. The topological polar surface area (TPSA) is 96.4 Å². The Hall–Kier alpha value is -0.530. The lowest BCUT2D eigenvalue weighted by Gasteiger charge is -2.33. The number of likely N-dealkylation sites (tertiary alicyclic amines) is 1. The first-order valence-electron chi connectivity index (χ1n) is 3.83. The number of Topliss-reactive ketones (excluding diaryl/α,β-unsaturated/α-hetero) is 1. The van der Waals surface area contributed by atoms with Crippen LogP contribution < -0.4 is 22.5 Å². The molecule has 1 fully saturated rings. The Bertz CT molecular complexity index is 157. The molecule has 6 heteroatoms. The van der Waals surface area contributed by atoms with E-state index in [0.717, 1.165) is 0 Å². The molecule has 0 spiro atoms. The van der Waals surface area contributed by atoms with E-state index >= 15 is 0 Å². The van der Waals surface area contributed by atoms with Crippen molar-refractivity contribution in [3.8, 4) is 0 Å². The van der Waals surface area contributed by atoms with Crippen LogP contribution in [0.15, 0.2) is 0 Å². The lowest BCUT2D eigenvalue weighted by Crippen LogP contribution is -2.63. The number of nitrogens with zero attached hydrogens (tertiary/aromatic N) is 1. The van der Waals surface area contributed by atoms with E-state index in [4.69, 9.17) is 11.7 Å². The fourth-order valence-corrected chi connectivity index (χ4v) is 1.39. The minimum Gasteiger partial charge on any atom is -0.302 e. The molecule has 0 saturated carbocycles. The highest BCUT2D eigenvalue weighted by Crippen LogP contribution is 2.03. The molecule has 6 nitrogen and oxygen atoms in total. The van der Waals surface area contributed by atoms with Crippen molar-refractivity contribution in [3.63, 3.8) is 0 Å². The average Bonchev–Trinajstić information content (AvgIpc) is 2.08. The molecule has 1 aliphatic rings. The van der Waals surface area contributed by atoms with Gasteiger partial charge in [-0.3, -0.25) is 16.5 Å². The van der Waals surface area contributed by atoms with Gasteiger partial charge in [0, 0.05) is 13.1 Å². The van der Waals surface area contributed by atoms with Gasteiger partial charge in [-0.1, -0.05) is 0 Å². The number of carbonyl (C=O) groups is 1. The predicted octanol–water partition coefficient (Wildman–Crippen LogP) is -2.84. The molecule has 70 valence electrons. The van der Waals surface area contributed by atoms with E-state index in [2.05, 4.69) is 10.9 Å². The van der Waals surface area contributed by atoms with Gasteiger partial charge < -0.3 is 4.90 Å². The fourth-order valence-electron chi connectivity index (χ4n) is 1.39. The van der Waals surface area contributed by atoms with Gasteiger partial charge in [0.05, 0.1) is 12.1 Å². The second-order valence-corrected chi connectivity index (χ2v) is 3.06. The summed E-state index contributed by atoms with van der Waals surface area (Å²) in [4.78, 5) is 13.4. The van der Waals surface area contributed by atoms with Gasteiger partial charge in [-0.25, -0.2) is 10.9 Å². The molecule has 0 bridgehead atoms. The van der Waals surface area contributed by atoms with E-state index in [1.165, 1.54) is 0 Å². The van der Waals surface area contributed by atoms with Crippen molar-refractivity contribution in [2.75, 3.05) is 20.1 Å². The number of hydrazine groups is 2. The maximum absolute atomic E-state index is 11.4. The second kappa shape index (κ2) is 3.92. The normalized spacial score (nSPS) is 32.4. The molecule has 0 aromatic heterocycles. The zero-order chi connectivity index (χ0) is 9.14. The predicted molar refractivity (Wildman–Crippen MR) is 44.7 cm³/mol. The highest BCUT2D eigenvalue weighted by Gasteiger charge is 2.32. The first kappa shape index (κ1) is 9.56. The number of nitrogens with two attached hydrogens (primary N) is 2.